The van der Waals surface area contributed by atoms with Gasteiger partial charge in [-0.2, -0.15) is 5.26 Å². The van der Waals surface area contributed by atoms with Gasteiger partial charge in [0, 0.05) is 18.7 Å². The van der Waals surface area contributed by atoms with Crippen LogP contribution in [-0.4, -0.2) is 14.6 Å². The molecule has 98 valence electrons. The van der Waals surface area contributed by atoms with E-state index in [1.54, 1.807) is 22.7 Å². The topological polar surface area (TPSA) is 54.0 Å². The zero-order valence-corrected chi connectivity index (χ0v) is 10.2. The van der Waals surface area contributed by atoms with Gasteiger partial charge in [-0.25, -0.2) is 8.78 Å². The number of nitriles is 1. The molecular weight excluding hydrogens is 262 g/mol. The smallest absolute Gasteiger partial charge is 0.162 e. The number of benzene rings is 1. The van der Waals surface area contributed by atoms with E-state index in [1.165, 1.54) is 12.1 Å². The molecule has 0 aliphatic rings. The number of fused-ring (bicyclic) bond motifs is 1. The van der Waals surface area contributed by atoms with Crippen molar-refractivity contribution in [2.24, 2.45) is 0 Å². The number of hydrogen-bond acceptors (Lipinski definition) is 3. The van der Waals surface area contributed by atoms with Gasteiger partial charge in [0.1, 0.15) is 5.82 Å². The van der Waals surface area contributed by atoms with E-state index >= 15 is 0 Å². The molecule has 0 spiro atoms. The Balaban J connectivity index is 2.03. The molecule has 0 aliphatic heterocycles. The molecule has 6 heteroatoms. The zero-order chi connectivity index (χ0) is 14.1. The molecule has 0 bridgehead atoms. The number of pyridine rings is 1. The summed E-state index contributed by atoms with van der Waals surface area (Å²) < 4.78 is 28.4. The monoisotopic (exact) mass is 270 g/mol. The van der Waals surface area contributed by atoms with Gasteiger partial charge in [-0.15, -0.1) is 10.2 Å². The van der Waals surface area contributed by atoms with Gasteiger partial charge in [0.25, 0.3) is 0 Å². The fraction of sp³-hybridized carbons (Fsp3) is 0.0714. The molecule has 0 N–H and O–H groups in total. The van der Waals surface area contributed by atoms with E-state index < -0.39 is 11.6 Å². The number of aromatic nitrogens is 3. The first-order valence-electron chi connectivity index (χ1n) is 5.85. The molecule has 2 heterocycles. The van der Waals surface area contributed by atoms with E-state index in [0.29, 0.717) is 17.0 Å². The van der Waals surface area contributed by atoms with Crippen LogP contribution in [0.25, 0.3) is 5.65 Å². The highest BCUT2D eigenvalue weighted by Gasteiger charge is 2.12. The fourth-order valence-corrected chi connectivity index (χ4v) is 1.99. The normalized spacial score (nSPS) is 10.7. The van der Waals surface area contributed by atoms with E-state index in [-0.39, 0.29) is 12.0 Å². The van der Waals surface area contributed by atoms with Gasteiger partial charge in [0.05, 0.1) is 11.6 Å². The van der Waals surface area contributed by atoms with Gasteiger partial charge < -0.3 is 0 Å². The molecule has 20 heavy (non-hydrogen) atoms. The van der Waals surface area contributed by atoms with Crippen LogP contribution in [0.4, 0.5) is 8.78 Å². The molecule has 1 aromatic carbocycles. The van der Waals surface area contributed by atoms with Crippen LogP contribution in [0.1, 0.15) is 17.0 Å². The Bertz CT molecular complexity index is 833. The maximum Gasteiger partial charge on any atom is 0.162 e. The summed E-state index contributed by atoms with van der Waals surface area (Å²) >= 11 is 0. The first kappa shape index (κ1) is 12.2. The number of hydrogen-bond donors (Lipinski definition) is 0. The summed E-state index contributed by atoms with van der Waals surface area (Å²) in [5.41, 5.74) is 1.17. The second-order valence-corrected chi connectivity index (χ2v) is 4.26. The van der Waals surface area contributed by atoms with E-state index in [4.69, 9.17) is 5.26 Å². The Labute approximate surface area is 112 Å². The molecule has 0 radical (unpaired) electrons. The Kier molecular flexibility index (Phi) is 2.88. The lowest BCUT2D eigenvalue weighted by molar-refractivity contribution is 0.500. The molecule has 0 amide bonds. The van der Waals surface area contributed by atoms with Crippen molar-refractivity contribution in [3.8, 4) is 6.07 Å². The van der Waals surface area contributed by atoms with Crippen LogP contribution in [0, 0.1) is 23.0 Å². The van der Waals surface area contributed by atoms with Crippen molar-refractivity contribution in [1.82, 2.24) is 14.6 Å². The minimum atomic E-state index is -0.886. The molecule has 4 nitrogen and oxygen atoms in total. The third-order valence-corrected chi connectivity index (χ3v) is 2.99. The van der Waals surface area contributed by atoms with E-state index in [9.17, 15) is 8.78 Å². The van der Waals surface area contributed by atoms with Gasteiger partial charge in [0.15, 0.2) is 17.3 Å². The van der Waals surface area contributed by atoms with Crippen LogP contribution >= 0.6 is 0 Å². The summed E-state index contributed by atoms with van der Waals surface area (Å²) in [7, 11) is 0. The lowest BCUT2D eigenvalue weighted by Crippen LogP contribution is -2.00. The standard InChI is InChI=1S/C14H8F2N4/c15-11-3-1-2-10(14(11)16)7-13-19-18-12-6-9(8-17)4-5-20(12)13/h1-6H,7H2. The average Bonchev–Trinajstić information content (AvgIpc) is 2.86. The largest absolute Gasteiger partial charge is 0.286 e. The third-order valence-electron chi connectivity index (χ3n) is 2.99. The van der Waals surface area contributed by atoms with Crippen molar-refractivity contribution >= 4 is 5.65 Å². The Hall–Kier alpha value is -2.81. The molecule has 0 fully saturated rings. The predicted octanol–water partition coefficient (Wildman–Crippen LogP) is 2.47. The van der Waals surface area contributed by atoms with Gasteiger partial charge in [-0.1, -0.05) is 12.1 Å². The molecular formula is C14H8F2N4. The number of rotatable bonds is 2. The second kappa shape index (κ2) is 4.70. The molecule has 3 aromatic rings. The van der Waals surface area contributed by atoms with Crippen LogP contribution in [0.3, 0.4) is 0 Å². The summed E-state index contributed by atoms with van der Waals surface area (Å²) in [6, 6.07) is 9.22. The molecule has 0 aliphatic carbocycles. The minimum absolute atomic E-state index is 0.122. The van der Waals surface area contributed by atoms with Crippen molar-refractivity contribution < 1.29 is 8.78 Å². The summed E-state index contributed by atoms with van der Waals surface area (Å²) in [6.07, 6.45) is 1.76. The van der Waals surface area contributed by atoms with Crippen molar-refractivity contribution in [2.75, 3.05) is 0 Å². The van der Waals surface area contributed by atoms with E-state index in [0.717, 1.165) is 6.07 Å². The first-order chi connectivity index (χ1) is 9.69. The van der Waals surface area contributed by atoms with E-state index in [2.05, 4.69) is 10.2 Å². The van der Waals surface area contributed by atoms with Crippen LogP contribution < -0.4 is 0 Å². The Morgan fingerprint density at radius 2 is 2.05 bits per heavy atom. The highest BCUT2D eigenvalue weighted by atomic mass is 19.2. The summed E-state index contributed by atoms with van der Waals surface area (Å²) in [4.78, 5) is 0. The molecule has 0 unspecified atom stereocenters. The maximum absolute atomic E-state index is 13.6. The quantitative estimate of drug-likeness (QED) is 0.718. The number of halogens is 2. The molecule has 2 aromatic heterocycles. The van der Waals surface area contributed by atoms with Gasteiger partial charge in [0.2, 0.25) is 0 Å². The van der Waals surface area contributed by atoms with Crippen molar-refractivity contribution in [3.63, 3.8) is 0 Å². The fourth-order valence-electron chi connectivity index (χ4n) is 1.99. The Morgan fingerprint density at radius 1 is 1.20 bits per heavy atom. The minimum Gasteiger partial charge on any atom is -0.286 e. The summed E-state index contributed by atoms with van der Waals surface area (Å²) in [6.45, 7) is 0. The van der Waals surface area contributed by atoms with Gasteiger partial charge in [-0.05, 0) is 17.7 Å². The molecule has 0 atom stereocenters. The maximum atomic E-state index is 13.6. The molecule has 3 rings (SSSR count). The Morgan fingerprint density at radius 3 is 2.85 bits per heavy atom. The SMILES string of the molecule is N#Cc1ccn2c(Cc3cccc(F)c3F)nnc2c1. The zero-order valence-electron chi connectivity index (χ0n) is 10.2. The number of nitrogens with zero attached hydrogens (tertiary/aromatic N) is 4. The molecule has 0 saturated heterocycles. The molecule has 0 saturated carbocycles. The second-order valence-electron chi connectivity index (χ2n) is 4.26. The van der Waals surface area contributed by atoms with E-state index in [1.807, 2.05) is 6.07 Å². The van der Waals surface area contributed by atoms with Crippen LogP contribution in [0.2, 0.25) is 0 Å². The average molecular weight is 270 g/mol. The van der Waals surface area contributed by atoms with Crippen LogP contribution in [0.5, 0.6) is 0 Å². The summed E-state index contributed by atoms with van der Waals surface area (Å²) in [5, 5.41) is 16.7. The first-order valence-corrected chi connectivity index (χ1v) is 5.85. The van der Waals surface area contributed by atoms with Crippen molar-refractivity contribution in [3.05, 3.63) is 65.1 Å². The van der Waals surface area contributed by atoms with Crippen molar-refractivity contribution in [2.45, 2.75) is 6.42 Å². The van der Waals surface area contributed by atoms with Crippen LogP contribution in [0.15, 0.2) is 36.5 Å². The highest BCUT2D eigenvalue weighted by Crippen LogP contribution is 2.16. The lowest BCUT2D eigenvalue weighted by atomic mass is 10.1. The summed E-state index contributed by atoms with van der Waals surface area (Å²) in [5.74, 6) is -1.28. The third kappa shape index (κ3) is 1.99. The highest BCUT2D eigenvalue weighted by molar-refractivity contribution is 5.45. The van der Waals surface area contributed by atoms with Crippen molar-refractivity contribution in [1.29, 1.82) is 5.26 Å². The van der Waals surface area contributed by atoms with Gasteiger partial charge >= 0.3 is 0 Å². The van der Waals surface area contributed by atoms with Gasteiger partial charge in [-0.3, -0.25) is 4.40 Å². The predicted molar refractivity (Wildman–Crippen MR) is 66.9 cm³/mol. The lowest BCUT2D eigenvalue weighted by Gasteiger charge is -2.03. The van der Waals surface area contributed by atoms with Crippen LogP contribution in [-0.2, 0) is 6.42 Å².